The zero-order valence-electron chi connectivity index (χ0n) is 12.0. The first kappa shape index (κ1) is 16.0. The summed E-state index contributed by atoms with van der Waals surface area (Å²) in [6.07, 6.45) is 0. The molecule has 0 fully saturated rings. The molecule has 110 valence electrons. The van der Waals surface area contributed by atoms with Crippen LogP contribution in [-0.2, 0) is 4.79 Å². The SMILES string of the molecule is CC(CNC(=O)N[C@@H](C(=O)O)c1ccccc1)N(C)C. The van der Waals surface area contributed by atoms with Crippen LogP contribution in [-0.4, -0.2) is 48.7 Å². The molecule has 6 nitrogen and oxygen atoms in total. The summed E-state index contributed by atoms with van der Waals surface area (Å²) in [6.45, 7) is 2.41. The zero-order valence-corrected chi connectivity index (χ0v) is 12.0. The number of aliphatic carboxylic acids is 1. The van der Waals surface area contributed by atoms with E-state index in [1.165, 1.54) is 0 Å². The second-order valence-electron chi connectivity index (χ2n) is 4.85. The van der Waals surface area contributed by atoms with Gasteiger partial charge in [0.05, 0.1) is 0 Å². The quantitative estimate of drug-likeness (QED) is 0.727. The summed E-state index contributed by atoms with van der Waals surface area (Å²) in [6, 6.07) is 7.23. The van der Waals surface area contributed by atoms with E-state index < -0.39 is 18.0 Å². The third-order valence-corrected chi connectivity index (χ3v) is 3.09. The van der Waals surface area contributed by atoms with Gasteiger partial charge in [-0.05, 0) is 26.6 Å². The highest BCUT2D eigenvalue weighted by Crippen LogP contribution is 2.12. The summed E-state index contributed by atoms with van der Waals surface area (Å²) in [5, 5.41) is 14.3. The number of urea groups is 1. The van der Waals surface area contributed by atoms with E-state index in [1.807, 2.05) is 25.9 Å². The van der Waals surface area contributed by atoms with Crippen molar-refractivity contribution in [1.82, 2.24) is 15.5 Å². The van der Waals surface area contributed by atoms with Crippen LogP contribution >= 0.6 is 0 Å². The minimum atomic E-state index is -1.09. The second kappa shape index (κ2) is 7.49. The van der Waals surface area contributed by atoms with Crippen molar-refractivity contribution < 1.29 is 14.7 Å². The number of benzene rings is 1. The normalized spacial score (nSPS) is 13.6. The molecule has 0 heterocycles. The van der Waals surface area contributed by atoms with Crippen molar-refractivity contribution in [2.45, 2.75) is 19.0 Å². The number of carbonyl (C=O) groups is 2. The fraction of sp³-hybridized carbons (Fsp3) is 0.429. The molecule has 0 spiro atoms. The third kappa shape index (κ3) is 4.89. The maximum atomic E-state index is 11.8. The van der Waals surface area contributed by atoms with E-state index in [0.29, 0.717) is 12.1 Å². The Hall–Kier alpha value is -2.08. The Kier molecular flexibility index (Phi) is 5.99. The van der Waals surface area contributed by atoms with Crippen LogP contribution in [0.25, 0.3) is 0 Å². The maximum absolute atomic E-state index is 11.8. The first-order valence-electron chi connectivity index (χ1n) is 6.40. The van der Waals surface area contributed by atoms with E-state index in [2.05, 4.69) is 10.6 Å². The monoisotopic (exact) mass is 279 g/mol. The molecule has 0 aromatic heterocycles. The van der Waals surface area contributed by atoms with Gasteiger partial charge in [-0.3, -0.25) is 0 Å². The fourth-order valence-corrected chi connectivity index (χ4v) is 1.54. The van der Waals surface area contributed by atoms with Crippen molar-refractivity contribution in [3.05, 3.63) is 35.9 Å². The lowest BCUT2D eigenvalue weighted by Gasteiger charge is -2.21. The van der Waals surface area contributed by atoms with E-state index in [0.717, 1.165) is 0 Å². The molecule has 1 unspecified atom stereocenters. The Balaban J connectivity index is 2.59. The molecule has 0 radical (unpaired) electrons. The largest absolute Gasteiger partial charge is 0.479 e. The minimum Gasteiger partial charge on any atom is -0.479 e. The molecule has 6 heteroatoms. The van der Waals surface area contributed by atoms with E-state index in [1.54, 1.807) is 30.3 Å². The van der Waals surface area contributed by atoms with Crippen molar-refractivity contribution >= 4 is 12.0 Å². The van der Waals surface area contributed by atoms with Crippen molar-refractivity contribution in [3.8, 4) is 0 Å². The first-order valence-corrected chi connectivity index (χ1v) is 6.40. The van der Waals surface area contributed by atoms with Crippen LogP contribution in [0.3, 0.4) is 0 Å². The minimum absolute atomic E-state index is 0.167. The van der Waals surface area contributed by atoms with Gasteiger partial charge in [-0.15, -0.1) is 0 Å². The standard InChI is InChI=1S/C14H21N3O3/c1-10(17(2)3)9-15-14(20)16-12(13(18)19)11-7-5-4-6-8-11/h4-8,10,12H,9H2,1-3H3,(H,18,19)(H2,15,16,20)/t10?,12-/m1/s1. The molecule has 0 saturated carbocycles. The average molecular weight is 279 g/mol. The summed E-state index contributed by atoms with van der Waals surface area (Å²) in [5.41, 5.74) is 0.538. The molecule has 0 aliphatic rings. The second-order valence-corrected chi connectivity index (χ2v) is 4.85. The van der Waals surface area contributed by atoms with Crippen LogP contribution in [0, 0.1) is 0 Å². The van der Waals surface area contributed by atoms with Crippen LogP contribution in [0.15, 0.2) is 30.3 Å². The van der Waals surface area contributed by atoms with Gasteiger partial charge in [-0.25, -0.2) is 9.59 Å². The Morgan fingerprint density at radius 1 is 1.25 bits per heavy atom. The van der Waals surface area contributed by atoms with Crippen LogP contribution in [0.4, 0.5) is 4.79 Å². The number of carbonyl (C=O) groups excluding carboxylic acids is 1. The van der Waals surface area contributed by atoms with Crippen LogP contribution in [0.5, 0.6) is 0 Å². The van der Waals surface area contributed by atoms with Gasteiger partial charge in [0.1, 0.15) is 0 Å². The van der Waals surface area contributed by atoms with Crippen molar-refractivity contribution in [2.24, 2.45) is 0 Å². The topological polar surface area (TPSA) is 81.7 Å². The van der Waals surface area contributed by atoms with Crippen molar-refractivity contribution in [2.75, 3.05) is 20.6 Å². The number of carboxylic acids is 1. The van der Waals surface area contributed by atoms with Crippen LogP contribution < -0.4 is 10.6 Å². The van der Waals surface area contributed by atoms with Gasteiger partial charge in [-0.1, -0.05) is 30.3 Å². The van der Waals surface area contributed by atoms with Gasteiger partial charge >= 0.3 is 12.0 Å². The number of hydrogen-bond acceptors (Lipinski definition) is 3. The van der Waals surface area contributed by atoms with Crippen molar-refractivity contribution in [1.29, 1.82) is 0 Å². The smallest absolute Gasteiger partial charge is 0.330 e. The third-order valence-electron chi connectivity index (χ3n) is 3.09. The van der Waals surface area contributed by atoms with E-state index in [-0.39, 0.29) is 6.04 Å². The summed E-state index contributed by atoms with van der Waals surface area (Å²) < 4.78 is 0. The van der Waals surface area contributed by atoms with Crippen LogP contribution in [0.1, 0.15) is 18.5 Å². The van der Waals surface area contributed by atoms with Gasteiger partial charge in [0.15, 0.2) is 6.04 Å². The molecular formula is C14H21N3O3. The number of carboxylic acid groups (broad SMARTS) is 1. The lowest BCUT2D eigenvalue weighted by Crippen LogP contribution is -2.45. The summed E-state index contributed by atoms with van der Waals surface area (Å²) in [4.78, 5) is 24.9. The van der Waals surface area contributed by atoms with E-state index in [4.69, 9.17) is 0 Å². The number of amides is 2. The Morgan fingerprint density at radius 3 is 2.35 bits per heavy atom. The number of hydrogen-bond donors (Lipinski definition) is 3. The number of likely N-dealkylation sites (N-methyl/N-ethyl adjacent to an activating group) is 1. The van der Waals surface area contributed by atoms with E-state index in [9.17, 15) is 14.7 Å². The molecule has 1 rings (SSSR count). The summed E-state index contributed by atoms with van der Waals surface area (Å²) >= 11 is 0. The molecule has 2 atom stereocenters. The highest BCUT2D eigenvalue weighted by molar-refractivity contribution is 5.83. The summed E-state index contributed by atoms with van der Waals surface area (Å²) in [5.74, 6) is -1.09. The molecule has 2 amide bonds. The molecule has 1 aromatic carbocycles. The Bertz CT molecular complexity index is 448. The zero-order chi connectivity index (χ0) is 15.1. The van der Waals surface area contributed by atoms with Crippen LogP contribution in [0.2, 0.25) is 0 Å². The molecule has 0 aliphatic carbocycles. The van der Waals surface area contributed by atoms with E-state index >= 15 is 0 Å². The summed E-state index contributed by atoms with van der Waals surface area (Å²) in [7, 11) is 3.82. The highest BCUT2D eigenvalue weighted by atomic mass is 16.4. The molecule has 1 aromatic rings. The Labute approximate surface area is 118 Å². The highest BCUT2D eigenvalue weighted by Gasteiger charge is 2.21. The van der Waals surface area contributed by atoms with Crippen molar-refractivity contribution in [3.63, 3.8) is 0 Å². The van der Waals surface area contributed by atoms with Gasteiger partial charge in [0, 0.05) is 12.6 Å². The lowest BCUT2D eigenvalue weighted by atomic mass is 10.1. The molecule has 3 N–H and O–H groups in total. The molecule has 0 aliphatic heterocycles. The molecule has 20 heavy (non-hydrogen) atoms. The molecule has 0 saturated heterocycles. The molecule has 0 bridgehead atoms. The molecular weight excluding hydrogens is 258 g/mol. The predicted molar refractivity (Wildman–Crippen MR) is 76.5 cm³/mol. The number of rotatable bonds is 6. The first-order chi connectivity index (χ1) is 9.41. The van der Waals surface area contributed by atoms with Gasteiger partial charge in [-0.2, -0.15) is 0 Å². The fourth-order valence-electron chi connectivity index (χ4n) is 1.54. The lowest BCUT2D eigenvalue weighted by molar-refractivity contribution is -0.139. The van der Waals surface area contributed by atoms with Gasteiger partial charge in [0.25, 0.3) is 0 Å². The number of nitrogens with zero attached hydrogens (tertiary/aromatic N) is 1. The number of nitrogens with one attached hydrogen (secondary N) is 2. The van der Waals surface area contributed by atoms with Gasteiger partial charge in [0.2, 0.25) is 0 Å². The average Bonchev–Trinajstić information content (AvgIpc) is 2.42. The Morgan fingerprint density at radius 2 is 1.85 bits per heavy atom. The maximum Gasteiger partial charge on any atom is 0.330 e. The van der Waals surface area contributed by atoms with Gasteiger partial charge < -0.3 is 20.6 Å². The predicted octanol–water partition coefficient (Wildman–Crippen LogP) is 1.06.